The van der Waals surface area contributed by atoms with Gasteiger partial charge in [0, 0.05) is 5.56 Å². The van der Waals surface area contributed by atoms with Crippen LogP contribution in [0.15, 0.2) is 22.9 Å². The number of nitrogens with zero attached hydrogens (tertiary/aromatic N) is 1. The zero-order valence-corrected chi connectivity index (χ0v) is 12.2. The van der Waals surface area contributed by atoms with Crippen molar-refractivity contribution in [3.63, 3.8) is 0 Å². The monoisotopic (exact) mass is 293 g/mol. The van der Waals surface area contributed by atoms with Crippen molar-refractivity contribution in [2.45, 2.75) is 19.3 Å². The van der Waals surface area contributed by atoms with Crippen LogP contribution in [0.5, 0.6) is 11.5 Å². The molecule has 1 aliphatic rings. The minimum atomic E-state index is 0.496. The van der Waals surface area contributed by atoms with E-state index in [1.54, 1.807) is 14.2 Å². The molecule has 1 aromatic heterocycles. The Morgan fingerprint density at radius 2 is 2.10 bits per heavy atom. The second kappa shape index (κ2) is 5.37. The van der Waals surface area contributed by atoms with Crippen LogP contribution in [0.3, 0.4) is 0 Å². The first-order valence-electron chi connectivity index (χ1n) is 6.57. The predicted octanol–water partition coefficient (Wildman–Crippen LogP) is 3.96. The standard InChI is InChI=1S/C15H16ClNO3/c1-18-13-7-10(6-11(16)15(13)19-2)14-12(17-8-20-14)5-9-3-4-9/h6-9H,3-5H2,1-2H3. The Hall–Kier alpha value is -1.68. The van der Waals surface area contributed by atoms with Crippen LogP contribution in [0.1, 0.15) is 18.5 Å². The van der Waals surface area contributed by atoms with Gasteiger partial charge in [0.15, 0.2) is 23.7 Å². The van der Waals surface area contributed by atoms with Crippen LogP contribution >= 0.6 is 11.6 Å². The maximum absolute atomic E-state index is 6.23. The molecule has 0 N–H and O–H groups in total. The molecule has 1 fully saturated rings. The van der Waals surface area contributed by atoms with Crippen LogP contribution in [-0.2, 0) is 6.42 Å². The van der Waals surface area contributed by atoms with Gasteiger partial charge in [-0.25, -0.2) is 4.98 Å². The molecule has 0 atom stereocenters. The van der Waals surface area contributed by atoms with Gasteiger partial charge in [-0.2, -0.15) is 0 Å². The Kier molecular flexibility index (Phi) is 3.57. The molecule has 1 heterocycles. The summed E-state index contributed by atoms with van der Waals surface area (Å²) >= 11 is 6.23. The molecular weight excluding hydrogens is 278 g/mol. The van der Waals surface area contributed by atoms with E-state index in [1.165, 1.54) is 19.2 Å². The number of rotatable bonds is 5. The molecule has 0 unspecified atom stereocenters. The van der Waals surface area contributed by atoms with Crippen molar-refractivity contribution in [1.82, 2.24) is 4.98 Å². The van der Waals surface area contributed by atoms with Gasteiger partial charge in [-0.05, 0) is 37.3 Å². The fourth-order valence-corrected chi connectivity index (χ4v) is 2.58. The molecule has 1 aromatic carbocycles. The first-order valence-corrected chi connectivity index (χ1v) is 6.95. The number of oxazole rings is 1. The molecule has 0 radical (unpaired) electrons. The smallest absolute Gasteiger partial charge is 0.181 e. The SMILES string of the molecule is COc1cc(-c2ocnc2CC2CC2)cc(Cl)c1OC. The van der Waals surface area contributed by atoms with Gasteiger partial charge in [-0.1, -0.05) is 11.6 Å². The van der Waals surface area contributed by atoms with E-state index < -0.39 is 0 Å². The molecule has 20 heavy (non-hydrogen) atoms. The summed E-state index contributed by atoms with van der Waals surface area (Å²) < 4.78 is 16.1. The molecule has 0 amide bonds. The van der Waals surface area contributed by atoms with Crippen molar-refractivity contribution in [1.29, 1.82) is 0 Å². The van der Waals surface area contributed by atoms with Crippen molar-refractivity contribution >= 4 is 11.6 Å². The van der Waals surface area contributed by atoms with Crippen LogP contribution < -0.4 is 9.47 Å². The fourth-order valence-electron chi connectivity index (χ4n) is 2.29. The number of aromatic nitrogens is 1. The number of ether oxygens (including phenoxy) is 2. The van der Waals surface area contributed by atoms with Gasteiger partial charge in [0.05, 0.1) is 24.9 Å². The average Bonchev–Trinajstić information content (AvgIpc) is 3.13. The normalized spacial score (nSPS) is 14.3. The molecule has 3 rings (SSSR count). The van der Waals surface area contributed by atoms with Crippen LogP contribution in [0, 0.1) is 5.92 Å². The summed E-state index contributed by atoms with van der Waals surface area (Å²) in [7, 11) is 3.15. The van der Waals surface area contributed by atoms with Gasteiger partial charge in [0.2, 0.25) is 0 Å². The average molecular weight is 294 g/mol. The van der Waals surface area contributed by atoms with E-state index in [0.717, 1.165) is 29.4 Å². The quantitative estimate of drug-likeness (QED) is 0.837. The first kappa shape index (κ1) is 13.3. The van der Waals surface area contributed by atoms with E-state index in [4.69, 9.17) is 25.5 Å². The lowest BCUT2D eigenvalue weighted by Crippen LogP contribution is -1.94. The third kappa shape index (κ3) is 2.48. The van der Waals surface area contributed by atoms with Gasteiger partial charge in [-0.3, -0.25) is 0 Å². The fraction of sp³-hybridized carbons (Fsp3) is 0.400. The zero-order chi connectivity index (χ0) is 14.1. The molecule has 4 nitrogen and oxygen atoms in total. The van der Waals surface area contributed by atoms with Gasteiger partial charge in [0.1, 0.15) is 0 Å². The number of halogens is 1. The second-order valence-corrected chi connectivity index (χ2v) is 5.38. The highest BCUT2D eigenvalue weighted by Crippen LogP contribution is 2.41. The Morgan fingerprint density at radius 3 is 2.75 bits per heavy atom. The Bertz CT molecular complexity index is 620. The Labute approximate surface area is 122 Å². The minimum absolute atomic E-state index is 0.496. The van der Waals surface area contributed by atoms with Crippen molar-refractivity contribution in [3.8, 4) is 22.8 Å². The van der Waals surface area contributed by atoms with Crippen LogP contribution in [0.4, 0.5) is 0 Å². The van der Waals surface area contributed by atoms with E-state index in [2.05, 4.69) is 4.98 Å². The van der Waals surface area contributed by atoms with Crippen molar-refractivity contribution in [3.05, 3.63) is 29.2 Å². The summed E-state index contributed by atoms with van der Waals surface area (Å²) in [5.41, 5.74) is 1.84. The topological polar surface area (TPSA) is 44.5 Å². The molecule has 106 valence electrons. The molecule has 1 aliphatic carbocycles. The van der Waals surface area contributed by atoms with E-state index in [0.29, 0.717) is 16.5 Å². The van der Waals surface area contributed by atoms with Gasteiger partial charge >= 0.3 is 0 Å². The van der Waals surface area contributed by atoms with E-state index in [9.17, 15) is 0 Å². The molecule has 0 bridgehead atoms. The van der Waals surface area contributed by atoms with Crippen molar-refractivity contribution < 1.29 is 13.9 Å². The Balaban J connectivity index is 2.01. The van der Waals surface area contributed by atoms with Crippen LogP contribution in [0.25, 0.3) is 11.3 Å². The number of hydrogen-bond donors (Lipinski definition) is 0. The van der Waals surface area contributed by atoms with Crippen LogP contribution in [-0.4, -0.2) is 19.2 Å². The lowest BCUT2D eigenvalue weighted by atomic mass is 10.1. The van der Waals surface area contributed by atoms with Crippen molar-refractivity contribution in [2.24, 2.45) is 5.92 Å². The Morgan fingerprint density at radius 1 is 1.30 bits per heavy atom. The summed E-state index contributed by atoms with van der Waals surface area (Å²) in [6.45, 7) is 0. The van der Waals surface area contributed by atoms with E-state index >= 15 is 0 Å². The summed E-state index contributed by atoms with van der Waals surface area (Å²) in [5.74, 6) is 2.62. The predicted molar refractivity (Wildman–Crippen MR) is 76.5 cm³/mol. The highest BCUT2D eigenvalue weighted by Gasteiger charge is 2.25. The van der Waals surface area contributed by atoms with Gasteiger partial charge < -0.3 is 13.9 Å². The van der Waals surface area contributed by atoms with E-state index in [1.807, 2.05) is 12.1 Å². The van der Waals surface area contributed by atoms with E-state index in [-0.39, 0.29) is 0 Å². The summed E-state index contributed by atoms with van der Waals surface area (Å²) in [6, 6.07) is 3.68. The minimum Gasteiger partial charge on any atom is -0.493 e. The molecule has 2 aromatic rings. The summed E-state index contributed by atoms with van der Waals surface area (Å²) in [5, 5.41) is 0.496. The number of benzene rings is 1. The third-order valence-electron chi connectivity index (χ3n) is 3.52. The lowest BCUT2D eigenvalue weighted by molar-refractivity contribution is 0.355. The third-order valence-corrected chi connectivity index (χ3v) is 3.80. The maximum Gasteiger partial charge on any atom is 0.181 e. The van der Waals surface area contributed by atoms with Gasteiger partial charge in [-0.15, -0.1) is 0 Å². The molecule has 1 saturated carbocycles. The van der Waals surface area contributed by atoms with Crippen molar-refractivity contribution in [2.75, 3.05) is 14.2 Å². The molecule has 0 spiro atoms. The second-order valence-electron chi connectivity index (χ2n) is 4.97. The maximum atomic E-state index is 6.23. The summed E-state index contributed by atoms with van der Waals surface area (Å²) in [6.07, 6.45) is 4.99. The first-order chi connectivity index (χ1) is 9.72. The van der Waals surface area contributed by atoms with Crippen LogP contribution in [0.2, 0.25) is 5.02 Å². The molecule has 5 heteroatoms. The lowest BCUT2D eigenvalue weighted by Gasteiger charge is -2.11. The largest absolute Gasteiger partial charge is 0.493 e. The highest BCUT2D eigenvalue weighted by atomic mass is 35.5. The zero-order valence-electron chi connectivity index (χ0n) is 11.5. The van der Waals surface area contributed by atoms with Gasteiger partial charge in [0.25, 0.3) is 0 Å². The molecule has 0 saturated heterocycles. The number of methoxy groups -OCH3 is 2. The highest BCUT2D eigenvalue weighted by molar-refractivity contribution is 6.32. The number of hydrogen-bond acceptors (Lipinski definition) is 4. The molecule has 0 aliphatic heterocycles. The summed E-state index contributed by atoms with van der Waals surface area (Å²) in [4.78, 5) is 4.32. The molecular formula is C15H16ClNO3.